The first-order valence-corrected chi connectivity index (χ1v) is 5.00. The van der Waals surface area contributed by atoms with Gasteiger partial charge in [-0.15, -0.1) is 0 Å². The van der Waals surface area contributed by atoms with E-state index in [1.807, 2.05) is 7.05 Å². The molecule has 0 amide bonds. The zero-order chi connectivity index (χ0) is 9.97. The number of nitrogens with one attached hydrogen (secondary N) is 1. The molecule has 1 aromatic carbocycles. The van der Waals surface area contributed by atoms with Crippen LogP contribution in [0.1, 0.15) is 18.2 Å². The van der Waals surface area contributed by atoms with Gasteiger partial charge in [0.05, 0.1) is 6.54 Å². The number of hydrogen-bond donors (Lipinski definition) is 1. The first-order valence-electron chi connectivity index (χ1n) is 5.00. The Labute approximate surface area is 83.9 Å². The fourth-order valence-corrected chi connectivity index (χ4v) is 1.72. The summed E-state index contributed by atoms with van der Waals surface area (Å²) in [7, 11) is 1.92. The Hall–Kier alpha value is -1.28. The van der Waals surface area contributed by atoms with Gasteiger partial charge >= 0.3 is 0 Å². The molecule has 74 valence electrons. The third-order valence-corrected chi connectivity index (χ3v) is 2.41. The summed E-state index contributed by atoms with van der Waals surface area (Å²) < 4.78 is 5.77. The summed E-state index contributed by atoms with van der Waals surface area (Å²) >= 11 is 0. The summed E-state index contributed by atoms with van der Waals surface area (Å²) in [4.78, 5) is 0. The van der Waals surface area contributed by atoms with Crippen molar-refractivity contribution < 1.29 is 4.42 Å². The molecule has 2 aromatic rings. The summed E-state index contributed by atoms with van der Waals surface area (Å²) in [5, 5.41) is 4.29. The number of furan rings is 1. The Kier molecular flexibility index (Phi) is 2.55. The largest absolute Gasteiger partial charge is 0.459 e. The lowest BCUT2D eigenvalue weighted by atomic mass is 10.1. The summed E-state index contributed by atoms with van der Waals surface area (Å²) in [6.45, 7) is 2.94. The normalized spacial score (nSPS) is 11.0. The zero-order valence-electron chi connectivity index (χ0n) is 8.63. The van der Waals surface area contributed by atoms with Gasteiger partial charge in [0, 0.05) is 5.39 Å². The summed E-state index contributed by atoms with van der Waals surface area (Å²) in [6.07, 6.45) is 1.02. The Bertz CT molecular complexity index is 431. The molecule has 0 bridgehead atoms. The van der Waals surface area contributed by atoms with Gasteiger partial charge in [0.15, 0.2) is 0 Å². The van der Waals surface area contributed by atoms with Gasteiger partial charge in [0.25, 0.3) is 0 Å². The van der Waals surface area contributed by atoms with Gasteiger partial charge in [-0.25, -0.2) is 0 Å². The molecule has 2 rings (SSSR count). The highest BCUT2D eigenvalue weighted by Crippen LogP contribution is 2.23. The molecule has 0 aliphatic rings. The molecule has 0 radical (unpaired) electrons. The van der Waals surface area contributed by atoms with Gasteiger partial charge < -0.3 is 9.73 Å². The highest BCUT2D eigenvalue weighted by molar-refractivity contribution is 5.81. The zero-order valence-corrected chi connectivity index (χ0v) is 8.63. The molecule has 1 aromatic heterocycles. The number of rotatable bonds is 3. The topological polar surface area (TPSA) is 25.2 Å². The van der Waals surface area contributed by atoms with Gasteiger partial charge in [0.1, 0.15) is 11.3 Å². The van der Waals surface area contributed by atoms with Crippen LogP contribution in [-0.4, -0.2) is 7.05 Å². The first kappa shape index (κ1) is 9.28. The van der Waals surface area contributed by atoms with Gasteiger partial charge in [-0.3, -0.25) is 0 Å². The van der Waals surface area contributed by atoms with E-state index >= 15 is 0 Å². The van der Waals surface area contributed by atoms with E-state index in [2.05, 4.69) is 36.5 Å². The molecule has 0 aliphatic heterocycles. The monoisotopic (exact) mass is 189 g/mol. The van der Waals surface area contributed by atoms with Crippen LogP contribution in [0.15, 0.2) is 28.7 Å². The van der Waals surface area contributed by atoms with Crippen molar-refractivity contribution in [2.75, 3.05) is 7.05 Å². The lowest BCUT2D eigenvalue weighted by molar-refractivity contribution is 0.528. The molecular formula is C12H15NO. The van der Waals surface area contributed by atoms with E-state index in [1.165, 1.54) is 10.9 Å². The second kappa shape index (κ2) is 3.84. The number of fused-ring (bicyclic) bond motifs is 1. The van der Waals surface area contributed by atoms with Crippen molar-refractivity contribution in [2.45, 2.75) is 19.9 Å². The number of hydrogen-bond acceptors (Lipinski definition) is 2. The predicted molar refractivity (Wildman–Crippen MR) is 58.4 cm³/mol. The second-order valence-corrected chi connectivity index (χ2v) is 3.43. The third-order valence-electron chi connectivity index (χ3n) is 2.41. The van der Waals surface area contributed by atoms with Crippen LogP contribution in [0.4, 0.5) is 0 Å². The van der Waals surface area contributed by atoms with E-state index in [0.717, 1.165) is 24.3 Å². The smallest absolute Gasteiger partial charge is 0.137 e. The quantitative estimate of drug-likeness (QED) is 0.803. The van der Waals surface area contributed by atoms with Crippen molar-refractivity contribution in [1.29, 1.82) is 0 Å². The van der Waals surface area contributed by atoms with Crippen molar-refractivity contribution in [1.82, 2.24) is 5.32 Å². The Morgan fingerprint density at radius 1 is 1.36 bits per heavy atom. The molecule has 0 atom stereocenters. The van der Waals surface area contributed by atoms with Crippen LogP contribution in [0.25, 0.3) is 11.0 Å². The van der Waals surface area contributed by atoms with Crippen molar-refractivity contribution in [2.24, 2.45) is 0 Å². The standard InChI is InChI=1S/C12H15NO/c1-3-9-5-4-6-10-7-11(8-13-2)14-12(9)10/h4-7,13H,3,8H2,1-2H3. The summed E-state index contributed by atoms with van der Waals surface area (Å²) in [6, 6.07) is 8.40. The van der Waals surface area contributed by atoms with Crippen LogP contribution in [0.2, 0.25) is 0 Å². The number of benzene rings is 1. The first-order chi connectivity index (χ1) is 6.85. The fourth-order valence-electron chi connectivity index (χ4n) is 1.72. The maximum atomic E-state index is 5.77. The molecule has 0 unspecified atom stereocenters. The van der Waals surface area contributed by atoms with E-state index in [9.17, 15) is 0 Å². The molecule has 0 saturated carbocycles. The van der Waals surface area contributed by atoms with Crippen LogP contribution < -0.4 is 5.32 Å². The van der Waals surface area contributed by atoms with Gasteiger partial charge in [-0.2, -0.15) is 0 Å². The molecule has 14 heavy (non-hydrogen) atoms. The van der Waals surface area contributed by atoms with Crippen molar-refractivity contribution in [3.05, 3.63) is 35.6 Å². The second-order valence-electron chi connectivity index (χ2n) is 3.43. The summed E-state index contributed by atoms with van der Waals surface area (Å²) in [5.41, 5.74) is 2.32. The SMILES string of the molecule is CCc1cccc2cc(CNC)oc12. The minimum Gasteiger partial charge on any atom is -0.459 e. The predicted octanol–water partition coefficient (Wildman–Crippen LogP) is 2.71. The van der Waals surface area contributed by atoms with Crippen molar-refractivity contribution in [3.63, 3.8) is 0 Å². The summed E-state index contributed by atoms with van der Waals surface area (Å²) in [5.74, 6) is 1.00. The number of aryl methyl sites for hydroxylation is 1. The maximum Gasteiger partial charge on any atom is 0.137 e. The maximum absolute atomic E-state index is 5.77. The highest BCUT2D eigenvalue weighted by Gasteiger charge is 2.05. The average molecular weight is 189 g/mol. The van der Waals surface area contributed by atoms with Crippen LogP contribution >= 0.6 is 0 Å². The minimum absolute atomic E-state index is 0.790. The highest BCUT2D eigenvalue weighted by atomic mass is 16.3. The van der Waals surface area contributed by atoms with E-state index < -0.39 is 0 Å². The Balaban J connectivity index is 2.52. The molecule has 1 N–H and O–H groups in total. The molecule has 0 spiro atoms. The lowest BCUT2D eigenvalue weighted by Crippen LogP contribution is -2.03. The van der Waals surface area contributed by atoms with Crippen molar-refractivity contribution >= 4 is 11.0 Å². The Morgan fingerprint density at radius 2 is 2.21 bits per heavy atom. The van der Waals surface area contributed by atoms with E-state index in [1.54, 1.807) is 0 Å². The van der Waals surface area contributed by atoms with Crippen LogP contribution in [-0.2, 0) is 13.0 Å². The molecule has 0 aliphatic carbocycles. The lowest BCUT2D eigenvalue weighted by Gasteiger charge is -1.96. The van der Waals surface area contributed by atoms with E-state index in [-0.39, 0.29) is 0 Å². The minimum atomic E-state index is 0.790. The molecule has 2 nitrogen and oxygen atoms in total. The van der Waals surface area contributed by atoms with E-state index in [4.69, 9.17) is 4.42 Å². The van der Waals surface area contributed by atoms with Gasteiger partial charge in [0.2, 0.25) is 0 Å². The van der Waals surface area contributed by atoms with Crippen LogP contribution in [0.3, 0.4) is 0 Å². The Morgan fingerprint density at radius 3 is 2.93 bits per heavy atom. The molecule has 0 saturated heterocycles. The van der Waals surface area contributed by atoms with Crippen molar-refractivity contribution in [3.8, 4) is 0 Å². The fraction of sp³-hybridized carbons (Fsp3) is 0.333. The molecule has 1 heterocycles. The third kappa shape index (κ3) is 1.53. The molecular weight excluding hydrogens is 174 g/mol. The van der Waals surface area contributed by atoms with E-state index in [0.29, 0.717) is 0 Å². The van der Waals surface area contributed by atoms with Crippen LogP contribution in [0.5, 0.6) is 0 Å². The molecule has 0 fully saturated rings. The van der Waals surface area contributed by atoms with Gasteiger partial charge in [-0.1, -0.05) is 25.1 Å². The number of para-hydroxylation sites is 1. The van der Waals surface area contributed by atoms with Crippen LogP contribution in [0, 0.1) is 0 Å². The average Bonchev–Trinajstić information content (AvgIpc) is 2.60. The van der Waals surface area contributed by atoms with Gasteiger partial charge in [-0.05, 0) is 25.1 Å². The molecule has 2 heteroatoms.